The van der Waals surface area contributed by atoms with E-state index in [1.165, 1.54) is 0 Å². The van der Waals surface area contributed by atoms with Gasteiger partial charge in [0.1, 0.15) is 0 Å². The molecule has 0 atom stereocenters. The Morgan fingerprint density at radius 1 is 1.71 bits per heavy atom. The zero-order valence-corrected chi connectivity index (χ0v) is 4.18. The number of carboxylic acids is 1. The van der Waals surface area contributed by atoms with Gasteiger partial charge in [0.25, 0.3) is 0 Å². The molecule has 0 fully saturated rings. The molecule has 1 N–H and O–H groups in total. The standard InChI is InChI=1S/C4H8O2.FH/c1-2-3-4(5)6;/h2-3H2,1H3,(H,5,6);1H. The summed E-state index contributed by atoms with van der Waals surface area (Å²) < 4.78 is 0. The van der Waals surface area contributed by atoms with E-state index < -0.39 is 5.97 Å². The predicted octanol–water partition coefficient (Wildman–Crippen LogP) is 1.02. The maximum Gasteiger partial charge on any atom is 0.303 e. The Balaban J connectivity index is 0. The van der Waals surface area contributed by atoms with Crippen LogP contribution in [0.3, 0.4) is 0 Å². The van der Waals surface area contributed by atoms with Gasteiger partial charge in [-0.25, -0.2) is 0 Å². The number of hydrogen-bond acceptors (Lipinski definition) is 1. The molecule has 0 heterocycles. The van der Waals surface area contributed by atoms with E-state index in [1.54, 1.807) is 0 Å². The Kier molecular flexibility index (Phi) is 7.44. The third kappa shape index (κ3) is 10.8. The van der Waals surface area contributed by atoms with Gasteiger partial charge in [-0.15, -0.1) is 0 Å². The highest BCUT2D eigenvalue weighted by atomic mass is 19.0. The van der Waals surface area contributed by atoms with Crippen molar-refractivity contribution in [2.75, 3.05) is 0 Å². The van der Waals surface area contributed by atoms with E-state index in [2.05, 4.69) is 0 Å². The van der Waals surface area contributed by atoms with Crippen molar-refractivity contribution in [1.82, 2.24) is 0 Å². The zero-order chi connectivity index (χ0) is 4.99. The van der Waals surface area contributed by atoms with Gasteiger partial charge < -0.3 is 5.11 Å². The van der Waals surface area contributed by atoms with Gasteiger partial charge in [0.2, 0.25) is 0 Å². The Hall–Kier alpha value is -0.600. The summed E-state index contributed by atoms with van der Waals surface area (Å²) in [7, 11) is 0. The molecule has 0 radical (unpaired) electrons. The number of hydrogen-bond donors (Lipinski definition) is 1. The highest BCUT2D eigenvalue weighted by Gasteiger charge is 1.87. The van der Waals surface area contributed by atoms with Crippen LogP contribution in [0.5, 0.6) is 0 Å². The Morgan fingerprint density at radius 3 is 2.14 bits per heavy atom. The van der Waals surface area contributed by atoms with Gasteiger partial charge in [-0.3, -0.25) is 9.50 Å². The molecule has 3 heteroatoms. The SMILES string of the molecule is CCCC(=O)O.F. The fraction of sp³-hybridized carbons (Fsp3) is 0.750. The molecule has 0 aromatic rings. The molecule has 0 unspecified atom stereocenters. The second-order valence-corrected chi connectivity index (χ2v) is 1.14. The van der Waals surface area contributed by atoms with Crippen LogP contribution in [0, 0.1) is 0 Å². The lowest BCUT2D eigenvalue weighted by atomic mass is 10.4. The molecular weight excluding hydrogens is 99.0 g/mol. The van der Waals surface area contributed by atoms with Crippen LogP contribution in [0.4, 0.5) is 4.70 Å². The van der Waals surface area contributed by atoms with Gasteiger partial charge >= 0.3 is 5.97 Å². The molecule has 44 valence electrons. The lowest BCUT2D eigenvalue weighted by Crippen LogP contribution is -1.90. The second kappa shape index (κ2) is 5.40. The smallest absolute Gasteiger partial charge is 0.303 e. The first kappa shape index (κ1) is 9.64. The van der Waals surface area contributed by atoms with Crippen LogP contribution in [-0.2, 0) is 4.79 Å². The van der Waals surface area contributed by atoms with Gasteiger partial charge in [0.05, 0.1) is 0 Å². The minimum Gasteiger partial charge on any atom is -0.481 e. The molecule has 0 saturated heterocycles. The molecule has 2 nitrogen and oxygen atoms in total. The normalized spacial score (nSPS) is 7.00. The third-order valence-electron chi connectivity index (χ3n) is 0.464. The summed E-state index contributed by atoms with van der Waals surface area (Å²) in [6.07, 6.45) is 1.02. The molecule has 0 bridgehead atoms. The molecule has 0 aliphatic carbocycles. The molecule has 0 spiro atoms. The Bertz CT molecular complexity index is 53.7. The van der Waals surface area contributed by atoms with Crippen molar-refractivity contribution >= 4 is 5.97 Å². The molecule has 0 saturated carbocycles. The van der Waals surface area contributed by atoms with Crippen molar-refractivity contribution < 1.29 is 14.6 Å². The summed E-state index contributed by atoms with van der Waals surface area (Å²) >= 11 is 0. The van der Waals surface area contributed by atoms with Crippen molar-refractivity contribution in [3.63, 3.8) is 0 Å². The van der Waals surface area contributed by atoms with Crippen molar-refractivity contribution in [2.24, 2.45) is 0 Å². The number of halogens is 1. The maximum atomic E-state index is 9.60. The second-order valence-electron chi connectivity index (χ2n) is 1.14. The minimum absolute atomic E-state index is 0. The first-order chi connectivity index (χ1) is 2.77. The summed E-state index contributed by atoms with van der Waals surface area (Å²) in [5.41, 5.74) is 0. The molecule has 7 heavy (non-hydrogen) atoms. The number of rotatable bonds is 2. The molecule has 0 amide bonds. The lowest BCUT2D eigenvalue weighted by Gasteiger charge is -1.79. The largest absolute Gasteiger partial charge is 0.481 e. The summed E-state index contributed by atoms with van der Waals surface area (Å²) in [6.45, 7) is 1.84. The Labute approximate surface area is 41.5 Å². The van der Waals surface area contributed by atoms with E-state index >= 15 is 0 Å². The molecule has 0 aromatic carbocycles. The zero-order valence-electron chi connectivity index (χ0n) is 4.18. The molecule has 0 aromatic heterocycles. The highest BCUT2D eigenvalue weighted by molar-refractivity contribution is 5.66. The summed E-state index contributed by atoms with van der Waals surface area (Å²) in [5, 5.41) is 7.91. The van der Waals surface area contributed by atoms with E-state index in [0.717, 1.165) is 6.42 Å². The fourth-order valence-corrected chi connectivity index (χ4v) is 0.214. The van der Waals surface area contributed by atoms with Crippen LogP contribution < -0.4 is 0 Å². The lowest BCUT2D eigenvalue weighted by molar-refractivity contribution is -0.137. The average Bonchev–Trinajstić information content (AvgIpc) is 1.35. The minimum atomic E-state index is -0.711. The summed E-state index contributed by atoms with van der Waals surface area (Å²) in [4.78, 5) is 9.60. The van der Waals surface area contributed by atoms with Gasteiger partial charge in [0.15, 0.2) is 0 Å². The number of carboxylic acid groups (broad SMARTS) is 1. The third-order valence-corrected chi connectivity index (χ3v) is 0.464. The van der Waals surface area contributed by atoms with E-state index in [0.29, 0.717) is 6.42 Å². The van der Waals surface area contributed by atoms with E-state index in [1.807, 2.05) is 6.92 Å². The van der Waals surface area contributed by atoms with Crippen molar-refractivity contribution in [3.05, 3.63) is 0 Å². The summed E-state index contributed by atoms with van der Waals surface area (Å²) in [5.74, 6) is -0.711. The highest BCUT2D eigenvalue weighted by Crippen LogP contribution is 1.82. The van der Waals surface area contributed by atoms with Gasteiger partial charge in [-0.1, -0.05) is 6.92 Å². The summed E-state index contributed by atoms with van der Waals surface area (Å²) in [6, 6.07) is 0. The molecule has 0 aliphatic heterocycles. The quantitative estimate of drug-likeness (QED) is 0.573. The monoisotopic (exact) mass is 108 g/mol. The van der Waals surface area contributed by atoms with Crippen molar-refractivity contribution in [2.45, 2.75) is 19.8 Å². The topological polar surface area (TPSA) is 37.3 Å². The van der Waals surface area contributed by atoms with Crippen LogP contribution in [-0.4, -0.2) is 11.1 Å². The van der Waals surface area contributed by atoms with E-state index in [-0.39, 0.29) is 4.70 Å². The fourth-order valence-electron chi connectivity index (χ4n) is 0.214. The average molecular weight is 108 g/mol. The first-order valence-corrected chi connectivity index (χ1v) is 1.99. The van der Waals surface area contributed by atoms with Gasteiger partial charge in [0, 0.05) is 6.42 Å². The van der Waals surface area contributed by atoms with Gasteiger partial charge in [-0.05, 0) is 6.42 Å². The van der Waals surface area contributed by atoms with Crippen LogP contribution in [0.2, 0.25) is 0 Å². The van der Waals surface area contributed by atoms with Crippen LogP contribution >= 0.6 is 0 Å². The molecule has 0 aliphatic rings. The first-order valence-electron chi connectivity index (χ1n) is 1.99. The van der Waals surface area contributed by atoms with Crippen molar-refractivity contribution in [1.29, 1.82) is 0 Å². The van der Waals surface area contributed by atoms with Crippen LogP contribution in [0.1, 0.15) is 19.8 Å². The van der Waals surface area contributed by atoms with Crippen LogP contribution in [0.15, 0.2) is 0 Å². The van der Waals surface area contributed by atoms with Crippen molar-refractivity contribution in [3.8, 4) is 0 Å². The number of carbonyl (C=O) groups is 1. The van der Waals surface area contributed by atoms with Gasteiger partial charge in [-0.2, -0.15) is 0 Å². The predicted molar refractivity (Wildman–Crippen MR) is 25.0 cm³/mol. The number of aliphatic carboxylic acids is 1. The molecule has 0 rings (SSSR count). The Morgan fingerprint density at radius 2 is 2.14 bits per heavy atom. The van der Waals surface area contributed by atoms with E-state index in [9.17, 15) is 4.79 Å². The van der Waals surface area contributed by atoms with E-state index in [4.69, 9.17) is 5.11 Å². The van der Waals surface area contributed by atoms with Crippen LogP contribution in [0.25, 0.3) is 0 Å². The maximum absolute atomic E-state index is 9.60. The molecular formula is C4H9FO2.